The maximum Gasteiger partial charge on any atom is 0.232 e. The molecule has 0 unspecified atom stereocenters. The highest BCUT2D eigenvalue weighted by atomic mass is 16.5. The van der Waals surface area contributed by atoms with Crippen LogP contribution < -0.4 is 10.1 Å². The fraction of sp³-hybridized carbons (Fsp3) is 0.667. The summed E-state index contributed by atoms with van der Waals surface area (Å²) >= 11 is 0. The first kappa shape index (κ1) is 12.9. The third-order valence-electron chi connectivity index (χ3n) is 2.29. The molecule has 4 heteroatoms. The van der Waals surface area contributed by atoms with Gasteiger partial charge < -0.3 is 10.1 Å². The molecule has 0 aromatic carbocycles. The van der Waals surface area contributed by atoms with Crippen LogP contribution in [0.15, 0.2) is 12.4 Å². The van der Waals surface area contributed by atoms with Gasteiger partial charge in [0.05, 0.1) is 24.7 Å². The van der Waals surface area contributed by atoms with Crippen molar-refractivity contribution < 1.29 is 4.74 Å². The first-order valence-electron chi connectivity index (χ1n) is 5.95. The van der Waals surface area contributed by atoms with Gasteiger partial charge in [-0.15, -0.1) is 0 Å². The van der Waals surface area contributed by atoms with Crippen molar-refractivity contribution in [1.29, 1.82) is 0 Å². The molecule has 1 aromatic rings. The molecule has 1 N–H and O–H groups in total. The highest BCUT2D eigenvalue weighted by Gasteiger charge is 1.97. The van der Waals surface area contributed by atoms with Crippen LogP contribution in [-0.2, 0) is 6.54 Å². The largest absolute Gasteiger partial charge is 0.477 e. The number of rotatable bonds is 8. The Kier molecular flexibility index (Phi) is 6.49. The molecule has 1 heterocycles. The molecule has 0 amide bonds. The summed E-state index contributed by atoms with van der Waals surface area (Å²) in [4.78, 5) is 8.42. The first-order chi connectivity index (χ1) is 7.86. The molecule has 1 rings (SSSR count). The van der Waals surface area contributed by atoms with Crippen LogP contribution in [-0.4, -0.2) is 23.6 Å². The van der Waals surface area contributed by atoms with Gasteiger partial charge in [0.15, 0.2) is 0 Å². The van der Waals surface area contributed by atoms with Crippen molar-refractivity contribution in [2.24, 2.45) is 0 Å². The minimum atomic E-state index is 0.622. The molecular formula is C12H21N3O. The first-order valence-corrected chi connectivity index (χ1v) is 5.95. The van der Waals surface area contributed by atoms with Crippen LogP contribution in [0, 0.1) is 0 Å². The van der Waals surface area contributed by atoms with Crippen LogP contribution in [0.5, 0.6) is 5.88 Å². The molecule has 4 nitrogen and oxygen atoms in total. The Morgan fingerprint density at radius 2 is 2.06 bits per heavy atom. The average molecular weight is 223 g/mol. The molecule has 0 saturated heterocycles. The highest BCUT2D eigenvalue weighted by molar-refractivity contribution is 5.06. The molecule has 0 aliphatic carbocycles. The molecule has 0 radical (unpaired) electrons. The molecule has 0 fully saturated rings. The Morgan fingerprint density at radius 3 is 2.69 bits per heavy atom. The van der Waals surface area contributed by atoms with Gasteiger partial charge >= 0.3 is 0 Å². The highest BCUT2D eigenvalue weighted by Crippen LogP contribution is 2.06. The van der Waals surface area contributed by atoms with Gasteiger partial charge in [0.25, 0.3) is 0 Å². The normalized spacial score (nSPS) is 10.4. The van der Waals surface area contributed by atoms with Crippen molar-refractivity contribution in [3.8, 4) is 5.88 Å². The summed E-state index contributed by atoms with van der Waals surface area (Å²) in [6, 6.07) is 0. The van der Waals surface area contributed by atoms with E-state index in [-0.39, 0.29) is 0 Å². The smallest absolute Gasteiger partial charge is 0.232 e. The minimum Gasteiger partial charge on any atom is -0.477 e. The number of hydrogen-bond acceptors (Lipinski definition) is 4. The van der Waals surface area contributed by atoms with E-state index >= 15 is 0 Å². The van der Waals surface area contributed by atoms with Gasteiger partial charge in [-0.25, -0.2) is 4.98 Å². The van der Waals surface area contributed by atoms with E-state index < -0.39 is 0 Å². The number of hydrogen-bond donors (Lipinski definition) is 1. The fourth-order valence-corrected chi connectivity index (χ4v) is 1.40. The molecule has 0 atom stereocenters. The number of unbranched alkanes of at least 4 members (excludes halogenated alkanes) is 3. The van der Waals surface area contributed by atoms with E-state index in [2.05, 4.69) is 22.2 Å². The summed E-state index contributed by atoms with van der Waals surface area (Å²) in [7, 11) is 1.89. The van der Waals surface area contributed by atoms with Crippen molar-refractivity contribution in [2.75, 3.05) is 13.7 Å². The molecule has 0 aliphatic rings. The van der Waals surface area contributed by atoms with E-state index in [9.17, 15) is 0 Å². The van der Waals surface area contributed by atoms with Crippen molar-refractivity contribution in [1.82, 2.24) is 15.3 Å². The zero-order chi connectivity index (χ0) is 11.6. The number of nitrogens with zero attached hydrogens (tertiary/aromatic N) is 2. The van der Waals surface area contributed by atoms with Gasteiger partial charge in [-0.2, -0.15) is 0 Å². The maximum atomic E-state index is 5.49. The van der Waals surface area contributed by atoms with Gasteiger partial charge in [-0.05, 0) is 13.5 Å². The second kappa shape index (κ2) is 8.05. The van der Waals surface area contributed by atoms with Gasteiger partial charge in [-0.3, -0.25) is 4.98 Å². The Bertz CT molecular complexity index is 274. The summed E-state index contributed by atoms with van der Waals surface area (Å²) in [6.07, 6.45) is 8.27. The minimum absolute atomic E-state index is 0.622. The molecule has 0 bridgehead atoms. The lowest BCUT2D eigenvalue weighted by Gasteiger charge is -2.05. The number of nitrogens with one attached hydrogen (secondary N) is 1. The van der Waals surface area contributed by atoms with Gasteiger partial charge in [0.1, 0.15) is 0 Å². The zero-order valence-electron chi connectivity index (χ0n) is 10.2. The molecule has 0 spiro atoms. The third-order valence-corrected chi connectivity index (χ3v) is 2.29. The molecule has 0 aliphatic heterocycles. The zero-order valence-corrected chi connectivity index (χ0v) is 10.2. The van der Waals surface area contributed by atoms with E-state index in [1.54, 1.807) is 12.4 Å². The lowest BCUT2D eigenvalue weighted by atomic mass is 10.2. The van der Waals surface area contributed by atoms with E-state index in [4.69, 9.17) is 4.74 Å². The standard InChI is InChI=1S/C12H21N3O/c1-3-4-5-6-7-16-12-10-14-11(8-13-2)9-15-12/h9-10,13H,3-8H2,1-2H3. The van der Waals surface area contributed by atoms with Gasteiger partial charge in [-0.1, -0.05) is 26.2 Å². The van der Waals surface area contributed by atoms with E-state index in [0.29, 0.717) is 5.88 Å². The summed E-state index contributed by atoms with van der Waals surface area (Å²) in [5.74, 6) is 0.622. The maximum absolute atomic E-state index is 5.49. The van der Waals surface area contributed by atoms with Crippen molar-refractivity contribution in [2.45, 2.75) is 39.2 Å². The Labute approximate surface area is 97.5 Å². The van der Waals surface area contributed by atoms with Crippen LogP contribution >= 0.6 is 0 Å². The monoisotopic (exact) mass is 223 g/mol. The second-order valence-electron chi connectivity index (χ2n) is 3.79. The summed E-state index contributed by atoms with van der Waals surface area (Å²) in [5, 5.41) is 3.03. The summed E-state index contributed by atoms with van der Waals surface area (Å²) in [6.45, 7) is 3.68. The topological polar surface area (TPSA) is 47.0 Å². The number of ether oxygens (including phenoxy) is 1. The second-order valence-corrected chi connectivity index (χ2v) is 3.79. The van der Waals surface area contributed by atoms with Crippen LogP contribution in [0.2, 0.25) is 0 Å². The Morgan fingerprint density at radius 1 is 1.19 bits per heavy atom. The SMILES string of the molecule is CCCCCCOc1cnc(CNC)cn1. The Balaban J connectivity index is 2.21. The predicted molar refractivity (Wildman–Crippen MR) is 64.4 cm³/mol. The quantitative estimate of drug-likeness (QED) is 0.686. The van der Waals surface area contributed by atoms with Crippen molar-refractivity contribution in [3.63, 3.8) is 0 Å². The van der Waals surface area contributed by atoms with E-state index in [1.165, 1.54) is 19.3 Å². The average Bonchev–Trinajstić information content (AvgIpc) is 2.31. The summed E-state index contributed by atoms with van der Waals surface area (Å²) in [5.41, 5.74) is 0.931. The van der Waals surface area contributed by atoms with Crippen LogP contribution in [0.1, 0.15) is 38.3 Å². The van der Waals surface area contributed by atoms with Crippen LogP contribution in [0.4, 0.5) is 0 Å². The van der Waals surface area contributed by atoms with Crippen molar-refractivity contribution >= 4 is 0 Å². The Hall–Kier alpha value is -1.16. The summed E-state index contributed by atoms with van der Waals surface area (Å²) < 4.78 is 5.49. The van der Waals surface area contributed by atoms with E-state index in [0.717, 1.165) is 25.3 Å². The molecule has 90 valence electrons. The van der Waals surface area contributed by atoms with Gasteiger partial charge in [0.2, 0.25) is 5.88 Å². The molecular weight excluding hydrogens is 202 g/mol. The van der Waals surface area contributed by atoms with Gasteiger partial charge in [0, 0.05) is 6.54 Å². The molecule has 0 saturated carbocycles. The lowest BCUT2D eigenvalue weighted by molar-refractivity contribution is 0.292. The molecule has 1 aromatic heterocycles. The van der Waals surface area contributed by atoms with Crippen molar-refractivity contribution in [3.05, 3.63) is 18.1 Å². The van der Waals surface area contributed by atoms with Crippen LogP contribution in [0.3, 0.4) is 0 Å². The predicted octanol–water partition coefficient (Wildman–Crippen LogP) is 2.16. The number of aromatic nitrogens is 2. The molecule has 16 heavy (non-hydrogen) atoms. The lowest BCUT2D eigenvalue weighted by Crippen LogP contribution is -2.07. The van der Waals surface area contributed by atoms with E-state index in [1.807, 2.05) is 7.05 Å². The third kappa shape index (κ3) is 5.07. The van der Waals surface area contributed by atoms with Crippen LogP contribution in [0.25, 0.3) is 0 Å². The fourth-order valence-electron chi connectivity index (χ4n) is 1.40.